The SMILES string of the molecule is CC[C@H](C)NC(=O)O[C@H]1COC(c2cc(NC(=O)c3ccnn3C)n[nH]2)C1. The van der Waals surface area contributed by atoms with Crippen molar-refractivity contribution in [2.75, 3.05) is 11.9 Å². The molecule has 1 aliphatic heterocycles. The van der Waals surface area contributed by atoms with Crippen LogP contribution in [-0.4, -0.2) is 50.7 Å². The molecule has 1 saturated heterocycles. The van der Waals surface area contributed by atoms with Crippen LogP contribution in [0, 0.1) is 0 Å². The van der Waals surface area contributed by atoms with Crippen molar-refractivity contribution in [1.29, 1.82) is 0 Å². The normalized spacial score (nSPS) is 20.3. The third-order valence-electron chi connectivity index (χ3n) is 4.45. The average Bonchev–Trinajstić information content (AvgIpc) is 3.35. The first kappa shape index (κ1) is 18.9. The lowest BCUT2D eigenvalue weighted by atomic mass is 10.1. The van der Waals surface area contributed by atoms with Crippen LogP contribution in [0.1, 0.15) is 49.0 Å². The maximum atomic E-state index is 12.2. The lowest BCUT2D eigenvalue weighted by Crippen LogP contribution is -2.35. The van der Waals surface area contributed by atoms with Crippen molar-refractivity contribution in [1.82, 2.24) is 25.3 Å². The first-order chi connectivity index (χ1) is 13.0. The number of carbonyl (C=O) groups excluding carboxylic acids is 2. The Bertz CT molecular complexity index is 801. The van der Waals surface area contributed by atoms with Crippen molar-refractivity contribution in [2.45, 2.75) is 44.9 Å². The van der Waals surface area contributed by atoms with Gasteiger partial charge in [-0.1, -0.05) is 6.92 Å². The van der Waals surface area contributed by atoms with Gasteiger partial charge in [-0.15, -0.1) is 0 Å². The Kier molecular flexibility index (Phi) is 5.75. The van der Waals surface area contributed by atoms with Crippen molar-refractivity contribution >= 4 is 17.8 Å². The number of H-pyrrole nitrogens is 1. The highest BCUT2D eigenvalue weighted by atomic mass is 16.6. The largest absolute Gasteiger partial charge is 0.444 e. The fourth-order valence-electron chi connectivity index (χ4n) is 2.73. The molecule has 0 aliphatic carbocycles. The molecule has 0 spiro atoms. The van der Waals surface area contributed by atoms with E-state index in [1.54, 1.807) is 25.4 Å². The summed E-state index contributed by atoms with van der Waals surface area (Å²) < 4.78 is 12.6. The molecule has 10 nitrogen and oxygen atoms in total. The van der Waals surface area contributed by atoms with Crippen LogP contribution in [0.2, 0.25) is 0 Å². The monoisotopic (exact) mass is 376 g/mol. The molecule has 27 heavy (non-hydrogen) atoms. The topological polar surface area (TPSA) is 123 Å². The molecule has 3 heterocycles. The molecule has 146 valence electrons. The Morgan fingerprint density at radius 3 is 3.04 bits per heavy atom. The van der Waals surface area contributed by atoms with Crippen LogP contribution < -0.4 is 10.6 Å². The third kappa shape index (κ3) is 4.64. The fourth-order valence-corrected chi connectivity index (χ4v) is 2.73. The average molecular weight is 376 g/mol. The minimum atomic E-state index is -0.438. The minimum absolute atomic E-state index is 0.0637. The van der Waals surface area contributed by atoms with E-state index in [0.717, 1.165) is 6.42 Å². The van der Waals surface area contributed by atoms with Crippen molar-refractivity contribution in [3.05, 3.63) is 29.7 Å². The summed E-state index contributed by atoms with van der Waals surface area (Å²) >= 11 is 0. The second-order valence-electron chi connectivity index (χ2n) is 6.54. The van der Waals surface area contributed by atoms with Crippen molar-refractivity contribution in [3.63, 3.8) is 0 Å². The molecule has 2 aromatic rings. The van der Waals surface area contributed by atoms with Crippen LogP contribution in [0.4, 0.5) is 10.6 Å². The molecule has 3 atom stereocenters. The van der Waals surface area contributed by atoms with Gasteiger partial charge in [0.15, 0.2) is 5.82 Å². The molecule has 1 unspecified atom stereocenters. The van der Waals surface area contributed by atoms with Crippen LogP contribution in [0.25, 0.3) is 0 Å². The summed E-state index contributed by atoms with van der Waals surface area (Å²) in [5.74, 6) is 0.0852. The molecule has 2 amide bonds. The van der Waals surface area contributed by atoms with Crippen LogP contribution in [0.15, 0.2) is 18.3 Å². The fraction of sp³-hybridized carbons (Fsp3) is 0.529. The Morgan fingerprint density at radius 2 is 2.33 bits per heavy atom. The predicted molar refractivity (Wildman–Crippen MR) is 96.2 cm³/mol. The molecule has 0 radical (unpaired) electrons. The first-order valence-electron chi connectivity index (χ1n) is 8.89. The van der Waals surface area contributed by atoms with E-state index in [9.17, 15) is 9.59 Å². The summed E-state index contributed by atoms with van der Waals surface area (Å²) in [6, 6.07) is 3.39. The van der Waals surface area contributed by atoms with E-state index >= 15 is 0 Å². The number of aromatic amines is 1. The number of amides is 2. The van der Waals surface area contributed by atoms with E-state index < -0.39 is 6.09 Å². The van der Waals surface area contributed by atoms with Gasteiger partial charge in [0.1, 0.15) is 17.9 Å². The molecule has 3 rings (SSSR count). The van der Waals surface area contributed by atoms with Gasteiger partial charge in [0.25, 0.3) is 5.91 Å². The van der Waals surface area contributed by atoms with E-state index in [1.165, 1.54) is 4.68 Å². The van der Waals surface area contributed by atoms with E-state index in [1.807, 2.05) is 13.8 Å². The number of hydrogen-bond donors (Lipinski definition) is 3. The zero-order chi connectivity index (χ0) is 19.4. The summed E-state index contributed by atoms with van der Waals surface area (Å²) in [7, 11) is 1.69. The highest BCUT2D eigenvalue weighted by Gasteiger charge is 2.31. The van der Waals surface area contributed by atoms with Crippen molar-refractivity contribution in [3.8, 4) is 0 Å². The molecule has 10 heteroatoms. The maximum absolute atomic E-state index is 12.2. The van der Waals surface area contributed by atoms with E-state index in [0.29, 0.717) is 30.2 Å². The lowest BCUT2D eigenvalue weighted by molar-refractivity contribution is 0.0679. The van der Waals surface area contributed by atoms with Gasteiger partial charge in [-0.25, -0.2) is 4.79 Å². The molecular formula is C17H24N6O4. The van der Waals surface area contributed by atoms with Gasteiger partial charge >= 0.3 is 6.09 Å². The summed E-state index contributed by atoms with van der Waals surface area (Å²) in [5.41, 5.74) is 1.14. The molecule has 3 N–H and O–H groups in total. The van der Waals surface area contributed by atoms with E-state index in [4.69, 9.17) is 9.47 Å². The smallest absolute Gasteiger partial charge is 0.407 e. The molecule has 1 aliphatic rings. The zero-order valence-corrected chi connectivity index (χ0v) is 15.6. The predicted octanol–water partition coefficient (Wildman–Crippen LogP) is 1.75. The number of anilines is 1. The van der Waals surface area contributed by atoms with Crippen molar-refractivity contribution < 1.29 is 19.1 Å². The maximum Gasteiger partial charge on any atom is 0.407 e. The van der Waals surface area contributed by atoms with Crippen LogP contribution in [-0.2, 0) is 16.5 Å². The second-order valence-corrected chi connectivity index (χ2v) is 6.54. The van der Waals surface area contributed by atoms with Gasteiger partial charge in [-0.2, -0.15) is 10.2 Å². The van der Waals surface area contributed by atoms with Gasteiger partial charge in [0.05, 0.1) is 12.3 Å². The van der Waals surface area contributed by atoms with Crippen LogP contribution in [0.3, 0.4) is 0 Å². The van der Waals surface area contributed by atoms with Gasteiger partial charge in [-0.05, 0) is 19.4 Å². The quantitative estimate of drug-likeness (QED) is 0.706. The number of hydrogen-bond acceptors (Lipinski definition) is 6. The molecule has 2 aromatic heterocycles. The molecule has 0 bridgehead atoms. The lowest BCUT2D eigenvalue weighted by Gasteiger charge is -2.14. The first-order valence-corrected chi connectivity index (χ1v) is 8.89. The standard InChI is InChI=1S/C17H24N6O4/c1-4-10(2)19-17(25)27-11-7-14(26-9-11)12-8-15(22-21-12)20-16(24)13-5-6-18-23(13)3/h5-6,8,10-11,14H,4,7,9H2,1-3H3,(H,19,25)(H2,20,21,22,24)/t10-,11+,14?/m0/s1. The number of nitrogens with zero attached hydrogens (tertiary/aromatic N) is 3. The minimum Gasteiger partial charge on any atom is -0.444 e. The Balaban J connectivity index is 1.52. The molecule has 0 aromatic carbocycles. The number of nitrogens with one attached hydrogen (secondary N) is 3. The van der Waals surface area contributed by atoms with Gasteiger partial charge in [0, 0.05) is 31.8 Å². The highest BCUT2D eigenvalue weighted by molar-refractivity contribution is 6.02. The van der Waals surface area contributed by atoms with E-state index in [-0.39, 0.29) is 24.2 Å². The number of ether oxygens (including phenoxy) is 2. The Morgan fingerprint density at radius 1 is 1.52 bits per heavy atom. The summed E-state index contributed by atoms with van der Waals surface area (Å²) in [5, 5.41) is 16.4. The Labute approximate surface area is 156 Å². The van der Waals surface area contributed by atoms with Crippen LogP contribution >= 0.6 is 0 Å². The van der Waals surface area contributed by atoms with Gasteiger partial charge in [0.2, 0.25) is 0 Å². The summed E-state index contributed by atoms with van der Waals surface area (Å²) in [6.45, 7) is 4.22. The van der Waals surface area contributed by atoms with Crippen molar-refractivity contribution in [2.24, 2.45) is 7.05 Å². The van der Waals surface area contributed by atoms with E-state index in [2.05, 4.69) is 25.9 Å². The summed E-state index contributed by atoms with van der Waals surface area (Å²) in [6.07, 6.45) is 1.86. The molecular weight excluding hydrogens is 352 g/mol. The summed E-state index contributed by atoms with van der Waals surface area (Å²) in [4.78, 5) is 24.0. The van der Waals surface area contributed by atoms with Gasteiger partial charge < -0.3 is 20.1 Å². The van der Waals surface area contributed by atoms with Gasteiger partial charge in [-0.3, -0.25) is 14.6 Å². The molecule has 0 saturated carbocycles. The number of rotatable bonds is 6. The second kappa shape index (κ2) is 8.21. The number of aromatic nitrogens is 4. The number of carbonyl (C=O) groups is 2. The molecule has 1 fully saturated rings. The highest BCUT2D eigenvalue weighted by Crippen LogP contribution is 2.30. The third-order valence-corrected chi connectivity index (χ3v) is 4.45. The zero-order valence-electron chi connectivity index (χ0n) is 15.6. The number of alkyl carbamates (subject to hydrolysis) is 1. The number of aryl methyl sites for hydroxylation is 1. The van der Waals surface area contributed by atoms with Crippen LogP contribution in [0.5, 0.6) is 0 Å². The Hall–Kier alpha value is -2.88.